The first-order valence-electron chi connectivity index (χ1n) is 5.58. The predicted molar refractivity (Wildman–Crippen MR) is 62.4 cm³/mol. The van der Waals surface area contributed by atoms with Crippen molar-refractivity contribution in [1.29, 1.82) is 0 Å². The molecule has 1 aromatic heterocycles. The van der Waals surface area contributed by atoms with Gasteiger partial charge in [0.2, 0.25) is 0 Å². The standard InChI is InChI=1S/C13H19NO/c1-3-5-6-8-12(14-10-4-2)13-9-7-11-15-13/h1,7,9,11-12,14H,4-6,8,10H2,2H3. The number of furan rings is 1. The molecule has 1 rings (SSSR count). The first-order valence-corrected chi connectivity index (χ1v) is 5.58. The van der Waals surface area contributed by atoms with Gasteiger partial charge in [0.15, 0.2) is 0 Å². The minimum absolute atomic E-state index is 0.313. The first-order chi connectivity index (χ1) is 7.38. The molecular formula is C13H19NO. The minimum Gasteiger partial charge on any atom is -0.468 e. The molecule has 0 aliphatic heterocycles. The Balaban J connectivity index is 2.43. The molecule has 1 unspecified atom stereocenters. The normalized spacial score (nSPS) is 12.3. The van der Waals surface area contributed by atoms with Gasteiger partial charge in [-0.3, -0.25) is 0 Å². The Morgan fingerprint density at radius 3 is 3.07 bits per heavy atom. The fourth-order valence-electron chi connectivity index (χ4n) is 1.56. The van der Waals surface area contributed by atoms with Crippen molar-refractivity contribution < 1.29 is 4.42 Å². The van der Waals surface area contributed by atoms with E-state index in [4.69, 9.17) is 10.8 Å². The molecule has 0 bridgehead atoms. The van der Waals surface area contributed by atoms with Crippen molar-refractivity contribution in [2.45, 2.75) is 38.6 Å². The third kappa shape index (κ3) is 4.22. The van der Waals surface area contributed by atoms with Crippen molar-refractivity contribution in [1.82, 2.24) is 5.32 Å². The summed E-state index contributed by atoms with van der Waals surface area (Å²) in [6.45, 7) is 3.18. The molecule has 0 aliphatic carbocycles. The number of unbranched alkanes of at least 4 members (excludes halogenated alkanes) is 1. The van der Waals surface area contributed by atoms with E-state index in [1.165, 1.54) is 0 Å². The van der Waals surface area contributed by atoms with Crippen LogP contribution in [-0.2, 0) is 0 Å². The summed E-state index contributed by atoms with van der Waals surface area (Å²) in [5.41, 5.74) is 0. The average Bonchev–Trinajstić information content (AvgIpc) is 2.76. The lowest BCUT2D eigenvalue weighted by Gasteiger charge is -2.15. The maximum Gasteiger partial charge on any atom is 0.120 e. The highest BCUT2D eigenvalue weighted by molar-refractivity contribution is 5.04. The summed E-state index contributed by atoms with van der Waals surface area (Å²) in [5.74, 6) is 3.68. The van der Waals surface area contributed by atoms with Gasteiger partial charge in [-0.1, -0.05) is 6.92 Å². The summed E-state index contributed by atoms with van der Waals surface area (Å²) in [7, 11) is 0. The molecule has 0 saturated heterocycles. The third-order valence-electron chi connectivity index (χ3n) is 2.34. The van der Waals surface area contributed by atoms with Gasteiger partial charge in [-0.05, 0) is 37.9 Å². The molecule has 2 heteroatoms. The van der Waals surface area contributed by atoms with Crippen LogP contribution in [0.5, 0.6) is 0 Å². The number of terminal acetylenes is 1. The Morgan fingerprint density at radius 1 is 1.60 bits per heavy atom. The van der Waals surface area contributed by atoms with E-state index in [0.717, 1.165) is 38.0 Å². The van der Waals surface area contributed by atoms with Crippen LogP contribution in [0.4, 0.5) is 0 Å². The zero-order chi connectivity index (χ0) is 10.9. The fourth-order valence-corrected chi connectivity index (χ4v) is 1.56. The summed E-state index contributed by atoms with van der Waals surface area (Å²) in [5, 5.41) is 3.47. The predicted octanol–water partition coefficient (Wildman–Crippen LogP) is 3.12. The lowest BCUT2D eigenvalue weighted by atomic mass is 10.1. The number of rotatable bonds is 7. The zero-order valence-corrected chi connectivity index (χ0v) is 9.33. The Kier molecular flexibility index (Phi) is 5.65. The third-order valence-corrected chi connectivity index (χ3v) is 2.34. The molecule has 82 valence electrons. The van der Waals surface area contributed by atoms with E-state index >= 15 is 0 Å². The van der Waals surface area contributed by atoms with Crippen LogP contribution >= 0.6 is 0 Å². The molecule has 0 radical (unpaired) electrons. The highest BCUT2D eigenvalue weighted by Gasteiger charge is 2.12. The molecule has 2 nitrogen and oxygen atoms in total. The molecule has 0 amide bonds. The molecule has 15 heavy (non-hydrogen) atoms. The van der Waals surface area contributed by atoms with E-state index in [9.17, 15) is 0 Å². The molecule has 0 fully saturated rings. The molecule has 0 aromatic carbocycles. The van der Waals surface area contributed by atoms with Crippen LogP contribution in [0.15, 0.2) is 22.8 Å². The van der Waals surface area contributed by atoms with Crippen LogP contribution in [0, 0.1) is 12.3 Å². The smallest absolute Gasteiger partial charge is 0.120 e. The number of nitrogens with one attached hydrogen (secondary N) is 1. The largest absolute Gasteiger partial charge is 0.468 e. The average molecular weight is 205 g/mol. The Labute approximate surface area is 92.1 Å². The van der Waals surface area contributed by atoms with E-state index in [1.807, 2.05) is 12.1 Å². The maximum atomic E-state index is 5.41. The zero-order valence-electron chi connectivity index (χ0n) is 9.33. The van der Waals surface area contributed by atoms with Gasteiger partial charge >= 0.3 is 0 Å². The van der Waals surface area contributed by atoms with Crippen LogP contribution in [-0.4, -0.2) is 6.54 Å². The summed E-state index contributed by atoms with van der Waals surface area (Å²) in [4.78, 5) is 0. The van der Waals surface area contributed by atoms with Gasteiger partial charge in [0.25, 0.3) is 0 Å². The summed E-state index contributed by atoms with van der Waals surface area (Å²) >= 11 is 0. The van der Waals surface area contributed by atoms with E-state index < -0.39 is 0 Å². The fraction of sp³-hybridized carbons (Fsp3) is 0.538. The van der Waals surface area contributed by atoms with Crippen LogP contribution in [0.2, 0.25) is 0 Å². The number of hydrogen-bond acceptors (Lipinski definition) is 2. The summed E-state index contributed by atoms with van der Waals surface area (Å²) in [6.07, 6.45) is 11.0. The number of hydrogen-bond donors (Lipinski definition) is 1. The van der Waals surface area contributed by atoms with Crippen molar-refractivity contribution in [3.63, 3.8) is 0 Å². The van der Waals surface area contributed by atoms with Crippen molar-refractivity contribution in [3.05, 3.63) is 24.2 Å². The van der Waals surface area contributed by atoms with E-state index in [1.54, 1.807) is 6.26 Å². The highest BCUT2D eigenvalue weighted by atomic mass is 16.3. The van der Waals surface area contributed by atoms with Crippen molar-refractivity contribution in [2.24, 2.45) is 0 Å². The second kappa shape index (κ2) is 7.14. The van der Waals surface area contributed by atoms with Crippen molar-refractivity contribution in [3.8, 4) is 12.3 Å². The first kappa shape index (κ1) is 11.9. The molecule has 1 heterocycles. The van der Waals surface area contributed by atoms with Crippen LogP contribution in [0.1, 0.15) is 44.4 Å². The van der Waals surface area contributed by atoms with Gasteiger partial charge in [0, 0.05) is 6.42 Å². The lowest BCUT2D eigenvalue weighted by Crippen LogP contribution is -2.21. The second-order valence-electron chi connectivity index (χ2n) is 3.62. The van der Waals surface area contributed by atoms with Gasteiger partial charge in [-0.15, -0.1) is 12.3 Å². The lowest BCUT2D eigenvalue weighted by molar-refractivity contribution is 0.390. The van der Waals surface area contributed by atoms with Crippen LogP contribution in [0.3, 0.4) is 0 Å². The monoisotopic (exact) mass is 205 g/mol. The molecule has 1 N–H and O–H groups in total. The highest BCUT2D eigenvalue weighted by Crippen LogP contribution is 2.19. The topological polar surface area (TPSA) is 25.2 Å². The molecule has 0 saturated carbocycles. The molecule has 0 aliphatic rings. The van der Waals surface area contributed by atoms with Crippen molar-refractivity contribution >= 4 is 0 Å². The summed E-state index contributed by atoms with van der Waals surface area (Å²) < 4.78 is 5.41. The van der Waals surface area contributed by atoms with Crippen LogP contribution in [0.25, 0.3) is 0 Å². The Bertz CT molecular complexity index is 284. The Morgan fingerprint density at radius 2 is 2.47 bits per heavy atom. The van der Waals surface area contributed by atoms with Gasteiger partial charge in [0.1, 0.15) is 5.76 Å². The quantitative estimate of drug-likeness (QED) is 0.546. The molecule has 1 atom stereocenters. The van der Waals surface area contributed by atoms with Gasteiger partial charge in [-0.25, -0.2) is 0 Å². The van der Waals surface area contributed by atoms with Gasteiger partial charge < -0.3 is 9.73 Å². The van der Waals surface area contributed by atoms with E-state index in [2.05, 4.69) is 18.2 Å². The minimum atomic E-state index is 0.313. The van der Waals surface area contributed by atoms with E-state index in [-0.39, 0.29) is 0 Å². The van der Waals surface area contributed by atoms with Crippen LogP contribution < -0.4 is 5.32 Å². The molecule has 1 aromatic rings. The maximum absolute atomic E-state index is 5.41. The molecule has 0 spiro atoms. The molecular weight excluding hydrogens is 186 g/mol. The SMILES string of the molecule is C#CCCCC(NCCC)c1ccco1. The Hall–Kier alpha value is -1.20. The van der Waals surface area contributed by atoms with Crippen molar-refractivity contribution in [2.75, 3.05) is 6.54 Å². The van der Waals surface area contributed by atoms with E-state index in [0.29, 0.717) is 6.04 Å². The van der Waals surface area contributed by atoms with Gasteiger partial charge in [0.05, 0.1) is 12.3 Å². The second-order valence-corrected chi connectivity index (χ2v) is 3.62. The van der Waals surface area contributed by atoms with Gasteiger partial charge in [-0.2, -0.15) is 0 Å². The summed E-state index contributed by atoms with van der Waals surface area (Å²) in [6, 6.07) is 4.26.